The summed E-state index contributed by atoms with van der Waals surface area (Å²) in [5, 5.41) is 4.55. The van der Waals surface area contributed by atoms with Crippen molar-refractivity contribution in [1.29, 1.82) is 0 Å². The lowest BCUT2D eigenvalue weighted by atomic mass is 9.95. The molecular weight excluding hydrogens is 304 g/mol. The predicted octanol–water partition coefficient (Wildman–Crippen LogP) is 1.06. The molecule has 6 nitrogen and oxygen atoms in total. The Bertz CT molecular complexity index is 676. The first kappa shape index (κ1) is 15.8. The van der Waals surface area contributed by atoms with Crippen molar-refractivity contribution in [3.8, 4) is 0 Å². The number of amides is 1. The summed E-state index contributed by atoms with van der Waals surface area (Å²) >= 11 is 0. The van der Waals surface area contributed by atoms with Crippen LogP contribution in [0.5, 0.6) is 0 Å². The summed E-state index contributed by atoms with van der Waals surface area (Å²) in [5.74, 6) is 1.25. The molecule has 1 atom stereocenters. The van der Waals surface area contributed by atoms with Crippen LogP contribution in [-0.4, -0.2) is 58.2 Å². The monoisotopic (exact) mass is 330 g/mol. The van der Waals surface area contributed by atoms with Gasteiger partial charge in [-0.05, 0) is 38.2 Å². The van der Waals surface area contributed by atoms with E-state index in [2.05, 4.69) is 10.00 Å². The predicted molar refractivity (Wildman–Crippen MR) is 90.8 cm³/mol. The fourth-order valence-corrected chi connectivity index (χ4v) is 3.93. The average Bonchev–Trinajstić information content (AvgIpc) is 3.37. The van der Waals surface area contributed by atoms with E-state index in [0.717, 1.165) is 44.6 Å². The molecule has 6 heteroatoms. The lowest BCUT2D eigenvalue weighted by Crippen LogP contribution is -2.58. The minimum absolute atomic E-state index is 0.0110. The van der Waals surface area contributed by atoms with Gasteiger partial charge in [0.15, 0.2) is 0 Å². The Morgan fingerprint density at radius 3 is 2.67 bits per heavy atom. The fraction of sp³-hybridized carbons (Fsp3) is 0.722. The van der Waals surface area contributed by atoms with Crippen LogP contribution in [0.15, 0.2) is 16.9 Å². The van der Waals surface area contributed by atoms with Crippen LogP contribution in [0, 0.1) is 5.92 Å². The zero-order valence-electron chi connectivity index (χ0n) is 14.4. The normalized spacial score (nSPS) is 26.3. The van der Waals surface area contributed by atoms with E-state index in [4.69, 9.17) is 0 Å². The summed E-state index contributed by atoms with van der Waals surface area (Å²) in [6.07, 6.45) is 5.57. The van der Waals surface area contributed by atoms with Gasteiger partial charge in [0.1, 0.15) is 0 Å². The second kappa shape index (κ2) is 6.31. The molecule has 1 aromatic rings. The standard InChI is InChI=1S/C18H26N4O2/c1-20-9-3-2-4-16(18(20)24)21-10-13(11-21)12-22-17(23)8-7-15(19-22)14-5-6-14/h7-8,13-14,16H,2-6,9-12H2,1H3. The smallest absolute Gasteiger partial charge is 0.266 e. The van der Waals surface area contributed by atoms with Gasteiger partial charge in [0.2, 0.25) is 5.91 Å². The molecule has 3 fully saturated rings. The number of hydrogen-bond acceptors (Lipinski definition) is 4. The van der Waals surface area contributed by atoms with E-state index < -0.39 is 0 Å². The second-order valence-corrected chi connectivity index (χ2v) is 7.64. The molecule has 0 bridgehead atoms. The van der Waals surface area contributed by atoms with E-state index in [1.54, 1.807) is 10.7 Å². The van der Waals surface area contributed by atoms with Crippen molar-refractivity contribution in [2.45, 2.75) is 50.6 Å². The van der Waals surface area contributed by atoms with Crippen molar-refractivity contribution < 1.29 is 4.79 Å². The third-order valence-electron chi connectivity index (χ3n) is 5.62. The van der Waals surface area contributed by atoms with Crippen LogP contribution in [0.25, 0.3) is 0 Å². The minimum Gasteiger partial charge on any atom is -0.344 e. The van der Waals surface area contributed by atoms with Gasteiger partial charge in [0.25, 0.3) is 5.56 Å². The van der Waals surface area contributed by atoms with Gasteiger partial charge in [-0.2, -0.15) is 5.10 Å². The zero-order valence-corrected chi connectivity index (χ0v) is 14.4. The third kappa shape index (κ3) is 3.11. The molecule has 1 aromatic heterocycles. The molecule has 1 unspecified atom stereocenters. The number of likely N-dealkylation sites (tertiary alicyclic amines) is 2. The van der Waals surface area contributed by atoms with Crippen LogP contribution in [0.1, 0.15) is 43.7 Å². The number of carbonyl (C=O) groups excluding carboxylic acids is 1. The summed E-state index contributed by atoms with van der Waals surface area (Å²) < 4.78 is 1.64. The second-order valence-electron chi connectivity index (χ2n) is 7.64. The maximum absolute atomic E-state index is 12.4. The minimum atomic E-state index is -0.0110. The molecule has 0 N–H and O–H groups in total. The maximum atomic E-state index is 12.4. The van der Waals surface area contributed by atoms with Crippen LogP contribution < -0.4 is 5.56 Å². The molecule has 2 aliphatic heterocycles. The summed E-state index contributed by atoms with van der Waals surface area (Å²) in [6, 6.07) is 3.57. The van der Waals surface area contributed by atoms with E-state index in [9.17, 15) is 9.59 Å². The van der Waals surface area contributed by atoms with E-state index >= 15 is 0 Å². The van der Waals surface area contributed by atoms with Crippen molar-refractivity contribution in [3.63, 3.8) is 0 Å². The molecule has 3 heterocycles. The van der Waals surface area contributed by atoms with Crippen molar-refractivity contribution in [2.75, 3.05) is 26.7 Å². The van der Waals surface area contributed by atoms with Crippen LogP contribution in [-0.2, 0) is 11.3 Å². The lowest BCUT2D eigenvalue weighted by molar-refractivity contribution is -0.138. The Morgan fingerprint density at radius 1 is 1.12 bits per heavy atom. The Labute approximate surface area is 142 Å². The van der Waals surface area contributed by atoms with Gasteiger partial charge in [0.05, 0.1) is 18.3 Å². The van der Waals surface area contributed by atoms with Crippen LogP contribution in [0.4, 0.5) is 0 Å². The molecule has 0 radical (unpaired) electrons. The first-order valence-corrected chi connectivity index (χ1v) is 9.19. The highest BCUT2D eigenvalue weighted by atomic mass is 16.2. The van der Waals surface area contributed by atoms with Crippen molar-refractivity contribution in [3.05, 3.63) is 28.2 Å². The highest BCUT2D eigenvalue weighted by Crippen LogP contribution is 2.38. The molecule has 0 spiro atoms. The molecule has 1 amide bonds. The van der Waals surface area contributed by atoms with Gasteiger partial charge < -0.3 is 4.90 Å². The summed E-state index contributed by atoms with van der Waals surface area (Å²) in [4.78, 5) is 28.6. The van der Waals surface area contributed by atoms with E-state index in [0.29, 0.717) is 18.4 Å². The number of nitrogens with zero attached hydrogens (tertiary/aromatic N) is 4. The van der Waals surface area contributed by atoms with Gasteiger partial charge in [0, 0.05) is 44.6 Å². The summed E-state index contributed by atoms with van der Waals surface area (Å²) in [7, 11) is 1.91. The van der Waals surface area contributed by atoms with E-state index in [1.807, 2.05) is 18.0 Å². The van der Waals surface area contributed by atoms with Gasteiger partial charge in [-0.1, -0.05) is 0 Å². The van der Waals surface area contributed by atoms with E-state index in [-0.39, 0.29) is 17.5 Å². The Morgan fingerprint density at radius 2 is 1.92 bits per heavy atom. The average molecular weight is 330 g/mol. The number of hydrogen-bond donors (Lipinski definition) is 0. The summed E-state index contributed by atoms with van der Waals surface area (Å²) in [6.45, 7) is 3.34. The van der Waals surface area contributed by atoms with Gasteiger partial charge >= 0.3 is 0 Å². The highest BCUT2D eigenvalue weighted by Gasteiger charge is 2.38. The maximum Gasteiger partial charge on any atom is 0.266 e. The molecule has 130 valence electrons. The Balaban J connectivity index is 1.37. The quantitative estimate of drug-likeness (QED) is 0.828. The zero-order chi connectivity index (χ0) is 16.7. The highest BCUT2D eigenvalue weighted by molar-refractivity contribution is 5.82. The summed E-state index contributed by atoms with van der Waals surface area (Å²) in [5.41, 5.74) is 1.05. The Kier molecular flexibility index (Phi) is 4.16. The number of carbonyl (C=O) groups is 1. The molecule has 0 aromatic carbocycles. The first-order valence-electron chi connectivity index (χ1n) is 9.19. The Hall–Kier alpha value is -1.69. The van der Waals surface area contributed by atoms with Gasteiger partial charge in [-0.15, -0.1) is 0 Å². The van der Waals surface area contributed by atoms with Gasteiger partial charge in [-0.3, -0.25) is 14.5 Å². The van der Waals surface area contributed by atoms with Crippen LogP contribution >= 0.6 is 0 Å². The molecule has 2 saturated heterocycles. The van der Waals surface area contributed by atoms with Crippen molar-refractivity contribution in [2.24, 2.45) is 5.92 Å². The number of likely N-dealkylation sites (N-methyl/N-ethyl adjacent to an activating group) is 1. The van der Waals surface area contributed by atoms with Crippen LogP contribution in [0.2, 0.25) is 0 Å². The number of rotatable bonds is 4. The van der Waals surface area contributed by atoms with Crippen molar-refractivity contribution >= 4 is 5.91 Å². The molecule has 4 rings (SSSR count). The third-order valence-corrected chi connectivity index (χ3v) is 5.62. The molecule has 3 aliphatic rings. The molecule has 1 saturated carbocycles. The largest absolute Gasteiger partial charge is 0.344 e. The SMILES string of the molecule is CN1CCCCC(N2CC(Cn3nc(C4CC4)ccc3=O)C2)C1=O. The van der Waals surface area contributed by atoms with Crippen molar-refractivity contribution in [1.82, 2.24) is 19.6 Å². The van der Waals surface area contributed by atoms with Crippen LogP contribution in [0.3, 0.4) is 0 Å². The molecule has 24 heavy (non-hydrogen) atoms. The topological polar surface area (TPSA) is 58.4 Å². The number of aromatic nitrogens is 2. The molecular formula is C18H26N4O2. The fourth-order valence-electron chi connectivity index (χ4n) is 3.93. The first-order chi connectivity index (χ1) is 11.6. The van der Waals surface area contributed by atoms with E-state index in [1.165, 1.54) is 12.8 Å². The van der Waals surface area contributed by atoms with Gasteiger partial charge in [-0.25, -0.2) is 4.68 Å². The lowest BCUT2D eigenvalue weighted by Gasteiger charge is -2.44. The molecule has 1 aliphatic carbocycles.